The fourth-order valence-electron chi connectivity index (χ4n) is 4.02. The molecule has 3 rings (SSSR count). The molecule has 0 spiro atoms. The van der Waals surface area contributed by atoms with Crippen molar-refractivity contribution in [2.75, 3.05) is 12.3 Å². The number of fused-ring (bicyclic) bond motifs is 1. The van der Waals surface area contributed by atoms with Gasteiger partial charge in [-0.05, 0) is 46.1 Å². The zero-order chi connectivity index (χ0) is 17.4. The number of aryl methyl sites for hydroxylation is 2. The molecule has 2 heterocycles. The second-order valence-corrected chi connectivity index (χ2v) is 6.78. The number of rotatable bonds is 3. The lowest BCUT2D eigenvalue weighted by molar-refractivity contribution is 0.0526. The van der Waals surface area contributed by atoms with E-state index >= 15 is 0 Å². The average Bonchev–Trinajstić information content (AvgIpc) is 2.79. The van der Waals surface area contributed by atoms with Gasteiger partial charge in [0.15, 0.2) is 0 Å². The van der Waals surface area contributed by atoms with Crippen LogP contribution in [0.2, 0.25) is 0 Å². The Balaban J connectivity index is 2.23. The van der Waals surface area contributed by atoms with Gasteiger partial charge in [0.1, 0.15) is 11.2 Å². The molecule has 0 bridgehead atoms. The first-order chi connectivity index (χ1) is 11.5. The van der Waals surface area contributed by atoms with Gasteiger partial charge in [-0.3, -0.25) is 0 Å². The third-order valence-electron chi connectivity index (χ3n) is 5.32. The maximum absolute atomic E-state index is 12.3. The molecule has 1 fully saturated rings. The Hall–Kier alpha value is -2.04. The lowest BCUT2D eigenvalue weighted by Gasteiger charge is -2.25. The van der Waals surface area contributed by atoms with Gasteiger partial charge in [-0.15, -0.1) is 0 Å². The lowest BCUT2D eigenvalue weighted by atomic mass is 9.95. The average molecular weight is 329 g/mol. The van der Waals surface area contributed by atoms with Crippen molar-refractivity contribution in [2.24, 2.45) is 0 Å². The molecule has 1 aliphatic rings. The fraction of sp³-hybridized carbons (Fsp3) is 0.579. The van der Waals surface area contributed by atoms with Gasteiger partial charge in [0, 0.05) is 17.1 Å². The minimum Gasteiger partial charge on any atom is -0.462 e. The summed E-state index contributed by atoms with van der Waals surface area (Å²) >= 11 is 0. The minimum absolute atomic E-state index is 0.330. The number of hydrogen-bond donors (Lipinski definition) is 1. The van der Waals surface area contributed by atoms with E-state index in [-0.39, 0.29) is 5.97 Å². The molecule has 5 nitrogen and oxygen atoms in total. The zero-order valence-electron chi connectivity index (χ0n) is 15.1. The van der Waals surface area contributed by atoms with Crippen molar-refractivity contribution in [1.82, 2.24) is 9.55 Å². The van der Waals surface area contributed by atoms with E-state index in [1.54, 1.807) is 6.92 Å². The van der Waals surface area contributed by atoms with Crippen LogP contribution >= 0.6 is 0 Å². The fourth-order valence-corrected chi connectivity index (χ4v) is 4.02. The van der Waals surface area contributed by atoms with E-state index in [4.69, 9.17) is 15.5 Å². The summed E-state index contributed by atoms with van der Waals surface area (Å²) in [6, 6.07) is 0.481. The number of esters is 1. The molecule has 0 amide bonds. The number of hydrogen-bond acceptors (Lipinski definition) is 4. The maximum Gasteiger partial charge on any atom is 0.342 e. The quantitative estimate of drug-likeness (QED) is 0.856. The van der Waals surface area contributed by atoms with Crippen LogP contribution in [-0.4, -0.2) is 22.1 Å². The lowest BCUT2D eigenvalue weighted by Crippen LogP contribution is -2.16. The molecular weight excluding hydrogens is 302 g/mol. The normalized spacial score (nSPS) is 15.8. The molecule has 0 saturated heterocycles. The van der Waals surface area contributed by atoms with Crippen LogP contribution in [0, 0.1) is 20.8 Å². The molecule has 0 unspecified atom stereocenters. The topological polar surface area (TPSA) is 70.1 Å². The molecule has 0 aromatic carbocycles. The Morgan fingerprint density at radius 1 is 1.25 bits per heavy atom. The summed E-state index contributed by atoms with van der Waals surface area (Å²) in [5, 5.41) is 0.909. The van der Waals surface area contributed by atoms with Crippen molar-refractivity contribution < 1.29 is 9.53 Å². The first-order valence-electron chi connectivity index (χ1n) is 8.91. The molecule has 130 valence electrons. The highest BCUT2D eigenvalue weighted by molar-refractivity contribution is 6.06. The predicted molar refractivity (Wildman–Crippen MR) is 96.4 cm³/mol. The Kier molecular flexibility index (Phi) is 4.52. The Bertz CT molecular complexity index is 786. The Morgan fingerprint density at radius 3 is 2.54 bits per heavy atom. The molecule has 0 aliphatic heterocycles. The van der Waals surface area contributed by atoms with Crippen LogP contribution in [0.3, 0.4) is 0 Å². The molecular formula is C19H27N3O2. The van der Waals surface area contributed by atoms with Crippen molar-refractivity contribution in [1.29, 1.82) is 0 Å². The molecule has 24 heavy (non-hydrogen) atoms. The van der Waals surface area contributed by atoms with E-state index in [1.807, 2.05) is 6.92 Å². The molecule has 1 saturated carbocycles. The van der Waals surface area contributed by atoms with Crippen LogP contribution in [0.25, 0.3) is 11.0 Å². The summed E-state index contributed by atoms with van der Waals surface area (Å²) in [6.45, 7) is 8.16. The monoisotopic (exact) mass is 329 g/mol. The van der Waals surface area contributed by atoms with E-state index in [9.17, 15) is 4.79 Å². The number of aromatic nitrogens is 2. The second-order valence-electron chi connectivity index (χ2n) is 6.78. The third-order valence-corrected chi connectivity index (χ3v) is 5.32. The van der Waals surface area contributed by atoms with Crippen molar-refractivity contribution in [3.8, 4) is 0 Å². The zero-order valence-corrected chi connectivity index (χ0v) is 15.1. The first kappa shape index (κ1) is 16.8. The molecule has 2 N–H and O–H groups in total. The van der Waals surface area contributed by atoms with E-state index < -0.39 is 0 Å². The molecule has 0 atom stereocenters. The predicted octanol–water partition coefficient (Wildman–Crippen LogP) is 4.23. The maximum atomic E-state index is 12.3. The standard InChI is InChI=1S/C19H27N3O2/c1-5-24-19(23)16-12(3)21-18-15(17(16)20)11(2)13(4)22(18)14-9-7-6-8-10-14/h14H,5-10H2,1-4H3,(H2,20,21). The Labute approximate surface area is 143 Å². The van der Waals surface area contributed by atoms with Crippen LogP contribution in [0.4, 0.5) is 5.69 Å². The first-order valence-corrected chi connectivity index (χ1v) is 8.91. The van der Waals surface area contributed by atoms with Gasteiger partial charge in [0.05, 0.1) is 18.0 Å². The van der Waals surface area contributed by atoms with E-state index in [2.05, 4.69) is 18.4 Å². The highest BCUT2D eigenvalue weighted by Gasteiger charge is 2.26. The summed E-state index contributed by atoms with van der Waals surface area (Å²) in [5.74, 6) is -0.385. The third kappa shape index (κ3) is 2.56. The van der Waals surface area contributed by atoms with E-state index in [1.165, 1.54) is 37.8 Å². The number of ether oxygens (including phenoxy) is 1. The van der Waals surface area contributed by atoms with Gasteiger partial charge in [0.25, 0.3) is 0 Å². The summed E-state index contributed by atoms with van der Waals surface area (Å²) in [4.78, 5) is 17.1. The number of nitrogens with two attached hydrogens (primary N) is 1. The summed E-state index contributed by atoms with van der Waals surface area (Å²) < 4.78 is 7.52. The van der Waals surface area contributed by atoms with E-state index in [0.29, 0.717) is 29.6 Å². The van der Waals surface area contributed by atoms with Gasteiger partial charge in [-0.25, -0.2) is 9.78 Å². The van der Waals surface area contributed by atoms with Crippen LogP contribution in [-0.2, 0) is 4.74 Å². The van der Waals surface area contributed by atoms with Gasteiger partial charge in [-0.2, -0.15) is 0 Å². The number of carbonyl (C=O) groups excluding carboxylic acids is 1. The van der Waals surface area contributed by atoms with Gasteiger partial charge in [0.2, 0.25) is 0 Å². The van der Waals surface area contributed by atoms with Gasteiger partial charge < -0.3 is 15.0 Å². The highest BCUT2D eigenvalue weighted by Crippen LogP contribution is 2.38. The summed E-state index contributed by atoms with van der Waals surface area (Å²) in [7, 11) is 0. The number of anilines is 1. The SMILES string of the molecule is CCOC(=O)c1c(C)nc2c(c(C)c(C)n2C2CCCCC2)c1N. The van der Waals surface area contributed by atoms with Crippen molar-refractivity contribution in [2.45, 2.75) is 65.8 Å². The van der Waals surface area contributed by atoms with Gasteiger partial charge >= 0.3 is 5.97 Å². The summed E-state index contributed by atoms with van der Waals surface area (Å²) in [5.41, 5.74) is 11.2. The number of pyridine rings is 1. The largest absolute Gasteiger partial charge is 0.462 e. The molecule has 5 heteroatoms. The molecule has 2 aromatic rings. The van der Waals surface area contributed by atoms with Crippen LogP contribution in [0.15, 0.2) is 0 Å². The van der Waals surface area contributed by atoms with Crippen LogP contribution in [0.5, 0.6) is 0 Å². The summed E-state index contributed by atoms with van der Waals surface area (Å²) in [6.07, 6.45) is 6.21. The smallest absolute Gasteiger partial charge is 0.342 e. The molecule has 2 aromatic heterocycles. The van der Waals surface area contributed by atoms with Crippen molar-refractivity contribution >= 4 is 22.7 Å². The van der Waals surface area contributed by atoms with Crippen molar-refractivity contribution in [3.63, 3.8) is 0 Å². The second kappa shape index (κ2) is 6.46. The minimum atomic E-state index is -0.385. The van der Waals surface area contributed by atoms with Crippen LogP contribution < -0.4 is 5.73 Å². The number of nitrogens with zero attached hydrogens (tertiary/aromatic N) is 2. The highest BCUT2D eigenvalue weighted by atomic mass is 16.5. The van der Waals surface area contributed by atoms with E-state index in [0.717, 1.165) is 16.6 Å². The molecule has 1 aliphatic carbocycles. The van der Waals surface area contributed by atoms with Gasteiger partial charge in [-0.1, -0.05) is 19.3 Å². The number of carbonyl (C=O) groups is 1. The van der Waals surface area contributed by atoms with Crippen molar-refractivity contribution in [3.05, 3.63) is 22.5 Å². The molecule has 0 radical (unpaired) electrons. The Morgan fingerprint density at radius 2 is 1.92 bits per heavy atom. The number of nitrogen functional groups attached to an aromatic ring is 1. The van der Waals surface area contributed by atoms with Crippen LogP contribution in [0.1, 0.15) is 72.4 Å².